The number of carbonyl (C=O) groups is 1. The van der Waals surface area contributed by atoms with Gasteiger partial charge in [-0.15, -0.1) is 0 Å². The van der Waals surface area contributed by atoms with Crippen LogP contribution in [0, 0.1) is 0 Å². The van der Waals surface area contributed by atoms with Gasteiger partial charge in [0.25, 0.3) is 0 Å². The van der Waals surface area contributed by atoms with E-state index in [4.69, 9.17) is 0 Å². The summed E-state index contributed by atoms with van der Waals surface area (Å²) in [5, 5.41) is 0. The van der Waals surface area contributed by atoms with Gasteiger partial charge < -0.3 is 4.90 Å². The number of rotatable bonds is 3. The number of nitrogens with zero attached hydrogens (tertiary/aromatic N) is 2. The van der Waals surface area contributed by atoms with Crippen molar-refractivity contribution in [3.8, 4) is 0 Å². The molecule has 0 aromatic heterocycles. The molecule has 5 nitrogen and oxygen atoms in total. The van der Waals surface area contributed by atoms with Gasteiger partial charge in [0.05, 0.1) is 4.90 Å². The van der Waals surface area contributed by atoms with Gasteiger partial charge in [-0.25, -0.2) is 12.8 Å². The van der Waals surface area contributed by atoms with Crippen LogP contribution in [0.25, 0.3) is 0 Å². The van der Waals surface area contributed by atoms with Crippen LogP contribution in [0.1, 0.15) is 18.4 Å². The molecule has 1 amide bonds. The van der Waals surface area contributed by atoms with Crippen LogP contribution in [0.15, 0.2) is 29.2 Å². The summed E-state index contributed by atoms with van der Waals surface area (Å²) in [5.74, 6) is 0.108. The molecule has 0 bridgehead atoms. The van der Waals surface area contributed by atoms with E-state index in [1.54, 1.807) is 17.0 Å². The maximum Gasteiger partial charge on any atom is 0.243 e. The zero-order valence-electron chi connectivity index (χ0n) is 11.5. The lowest BCUT2D eigenvalue weighted by Crippen LogP contribution is -2.53. The van der Waals surface area contributed by atoms with E-state index >= 15 is 0 Å². The lowest BCUT2D eigenvalue weighted by atomic mass is 10.2. The van der Waals surface area contributed by atoms with Gasteiger partial charge in [-0.3, -0.25) is 4.79 Å². The number of alkyl halides is 1. The van der Waals surface area contributed by atoms with Crippen LogP contribution in [0.5, 0.6) is 0 Å². The molecule has 21 heavy (non-hydrogen) atoms. The number of fused-ring (bicyclic) bond motifs is 1. The monoisotopic (exact) mass is 312 g/mol. The van der Waals surface area contributed by atoms with Crippen molar-refractivity contribution in [1.29, 1.82) is 0 Å². The zero-order chi connectivity index (χ0) is 15.0. The second-order valence-corrected chi connectivity index (χ2v) is 7.36. The molecular weight excluding hydrogens is 295 g/mol. The van der Waals surface area contributed by atoms with E-state index in [2.05, 4.69) is 0 Å². The first-order chi connectivity index (χ1) is 10.0. The summed E-state index contributed by atoms with van der Waals surface area (Å²) in [4.78, 5) is 13.5. The summed E-state index contributed by atoms with van der Waals surface area (Å²) >= 11 is 0. The van der Waals surface area contributed by atoms with Crippen molar-refractivity contribution in [3.05, 3.63) is 29.8 Å². The molecule has 2 aliphatic heterocycles. The Hall–Kier alpha value is -1.47. The highest BCUT2D eigenvalue weighted by Gasteiger charge is 2.39. The minimum absolute atomic E-state index is 0.0228. The van der Waals surface area contributed by atoms with E-state index in [1.165, 1.54) is 16.4 Å². The molecule has 0 saturated carbocycles. The van der Waals surface area contributed by atoms with Gasteiger partial charge in [-0.1, -0.05) is 12.1 Å². The summed E-state index contributed by atoms with van der Waals surface area (Å²) in [6.07, 6.45) is 1.20. The fourth-order valence-corrected chi connectivity index (χ4v) is 4.53. The number of benzene rings is 1. The van der Waals surface area contributed by atoms with Crippen LogP contribution in [0.4, 0.5) is 4.39 Å². The van der Waals surface area contributed by atoms with Gasteiger partial charge in [0.1, 0.15) is 6.67 Å². The largest absolute Gasteiger partial charge is 0.337 e. The number of hydrogen-bond acceptors (Lipinski definition) is 3. The first-order valence-electron chi connectivity index (χ1n) is 6.97. The molecule has 2 heterocycles. The lowest BCUT2D eigenvalue weighted by Gasteiger charge is -2.36. The quantitative estimate of drug-likeness (QED) is 0.841. The van der Waals surface area contributed by atoms with Gasteiger partial charge in [-0.05, 0) is 24.1 Å². The predicted octanol–water partition coefficient (Wildman–Crippen LogP) is 1.15. The van der Waals surface area contributed by atoms with Crippen molar-refractivity contribution in [2.45, 2.75) is 30.5 Å². The predicted molar refractivity (Wildman–Crippen MR) is 74.7 cm³/mol. The highest BCUT2D eigenvalue weighted by Crippen LogP contribution is 2.27. The molecule has 0 unspecified atom stereocenters. The lowest BCUT2D eigenvalue weighted by molar-refractivity contribution is -0.130. The minimum atomic E-state index is -3.62. The van der Waals surface area contributed by atoms with Crippen molar-refractivity contribution in [1.82, 2.24) is 9.21 Å². The Labute approximate surface area is 123 Å². The molecule has 1 aromatic rings. The maximum atomic E-state index is 12.7. The Balaban J connectivity index is 1.84. The maximum absolute atomic E-state index is 12.7. The second-order valence-electron chi connectivity index (χ2n) is 5.42. The fourth-order valence-electron chi connectivity index (χ4n) is 2.99. The van der Waals surface area contributed by atoms with E-state index in [9.17, 15) is 17.6 Å². The van der Waals surface area contributed by atoms with Crippen molar-refractivity contribution in [2.24, 2.45) is 0 Å². The Morgan fingerprint density at radius 2 is 2.10 bits per heavy atom. The van der Waals surface area contributed by atoms with E-state index < -0.39 is 16.7 Å². The second kappa shape index (κ2) is 5.38. The number of sulfonamides is 1. The highest BCUT2D eigenvalue weighted by molar-refractivity contribution is 7.89. The summed E-state index contributed by atoms with van der Waals surface area (Å²) < 4.78 is 39.4. The number of piperazine rings is 1. The number of halogens is 1. The van der Waals surface area contributed by atoms with Crippen molar-refractivity contribution < 1.29 is 17.6 Å². The van der Waals surface area contributed by atoms with Gasteiger partial charge in [-0.2, -0.15) is 4.31 Å². The van der Waals surface area contributed by atoms with Gasteiger partial charge in [0, 0.05) is 32.1 Å². The molecule has 3 rings (SSSR count). The van der Waals surface area contributed by atoms with Crippen molar-refractivity contribution in [3.63, 3.8) is 0 Å². The molecule has 0 spiro atoms. The fraction of sp³-hybridized carbons (Fsp3) is 0.500. The molecule has 7 heteroatoms. The molecular formula is C14H17FN2O3S. The summed E-state index contributed by atoms with van der Waals surface area (Å²) in [6.45, 7) is 0.373. The van der Waals surface area contributed by atoms with Crippen LogP contribution < -0.4 is 0 Å². The highest BCUT2D eigenvalue weighted by atomic mass is 32.2. The van der Waals surface area contributed by atoms with Crippen LogP contribution >= 0.6 is 0 Å². The van der Waals surface area contributed by atoms with E-state index in [0.717, 1.165) is 0 Å². The van der Waals surface area contributed by atoms with Gasteiger partial charge in [0.2, 0.25) is 15.9 Å². The topological polar surface area (TPSA) is 57.7 Å². The molecule has 2 aliphatic rings. The minimum Gasteiger partial charge on any atom is -0.337 e. The number of hydrogen-bond donors (Lipinski definition) is 0. The molecule has 0 radical (unpaired) electrons. The molecule has 114 valence electrons. The van der Waals surface area contributed by atoms with Crippen LogP contribution in [-0.2, 0) is 21.5 Å². The molecule has 1 aromatic carbocycles. The Morgan fingerprint density at radius 3 is 2.86 bits per heavy atom. The van der Waals surface area contributed by atoms with Crippen LogP contribution in [0.3, 0.4) is 0 Å². The Morgan fingerprint density at radius 1 is 1.29 bits per heavy atom. The average molecular weight is 312 g/mol. The first-order valence-corrected chi connectivity index (χ1v) is 8.41. The summed E-state index contributed by atoms with van der Waals surface area (Å²) in [7, 11) is -3.62. The molecule has 0 N–H and O–H groups in total. The van der Waals surface area contributed by atoms with Crippen LogP contribution in [-0.4, -0.2) is 49.2 Å². The third-order valence-corrected chi connectivity index (χ3v) is 6.01. The standard InChI is InChI=1S/C14H17FN2O3S/c15-9-11-2-1-3-13(8-11)21(19,20)16-6-7-17-12(10-16)4-5-14(17)18/h1-3,8,12H,4-7,9-10H2/t12-/m1/s1. The van der Waals surface area contributed by atoms with Gasteiger partial charge >= 0.3 is 0 Å². The number of amides is 1. The Bertz CT molecular complexity index is 662. The zero-order valence-corrected chi connectivity index (χ0v) is 12.4. The first kappa shape index (κ1) is 14.5. The molecule has 1 atom stereocenters. The summed E-state index contributed by atoms with van der Waals surface area (Å²) in [5.41, 5.74) is 0.353. The van der Waals surface area contributed by atoms with Gasteiger partial charge in [0.15, 0.2) is 0 Å². The smallest absolute Gasteiger partial charge is 0.243 e. The molecule has 2 fully saturated rings. The molecule has 0 aliphatic carbocycles. The van der Waals surface area contributed by atoms with E-state index in [0.29, 0.717) is 38.0 Å². The van der Waals surface area contributed by atoms with Crippen LogP contribution in [0.2, 0.25) is 0 Å². The van der Waals surface area contributed by atoms with Crippen molar-refractivity contribution in [2.75, 3.05) is 19.6 Å². The normalized spacial score (nSPS) is 23.4. The average Bonchev–Trinajstić information content (AvgIpc) is 2.88. The van der Waals surface area contributed by atoms with E-state index in [1.807, 2.05) is 0 Å². The SMILES string of the molecule is O=C1CC[C@@H]2CN(S(=O)(=O)c3cccc(CF)c3)CCN12. The van der Waals surface area contributed by atoms with Crippen molar-refractivity contribution >= 4 is 15.9 Å². The molecule has 2 saturated heterocycles. The summed E-state index contributed by atoms with van der Waals surface area (Å²) in [6, 6.07) is 5.96. The Kier molecular flexibility index (Phi) is 3.71. The van der Waals surface area contributed by atoms with E-state index in [-0.39, 0.29) is 16.8 Å². The third kappa shape index (κ3) is 2.55. The third-order valence-electron chi connectivity index (χ3n) is 4.15. The number of carbonyl (C=O) groups excluding carboxylic acids is 1.